The summed E-state index contributed by atoms with van der Waals surface area (Å²) in [6.07, 6.45) is 2.18. The van der Waals surface area contributed by atoms with Crippen molar-refractivity contribution in [2.75, 3.05) is 6.54 Å². The summed E-state index contributed by atoms with van der Waals surface area (Å²) in [5, 5.41) is 12.5. The first-order valence-corrected chi connectivity index (χ1v) is 9.75. The standard InChI is InChI=1S/C20H18BrN5O2/c21-15-6-5-14-7-10-25(18(14)13-15)12-9-22-19(27)8-11-26-20(28)16-3-1-2-4-17(16)23-24-26/h1-7,10,13H,8-9,11-12H2,(H,22,27). The summed E-state index contributed by atoms with van der Waals surface area (Å²) in [5.41, 5.74) is 1.43. The minimum atomic E-state index is -0.234. The number of aromatic nitrogens is 4. The van der Waals surface area contributed by atoms with Gasteiger partial charge in [0, 0.05) is 35.7 Å². The largest absolute Gasteiger partial charge is 0.354 e. The molecule has 0 unspecified atom stereocenters. The first-order chi connectivity index (χ1) is 13.6. The Labute approximate surface area is 169 Å². The van der Waals surface area contributed by atoms with Crippen LogP contribution in [0.15, 0.2) is 64.0 Å². The van der Waals surface area contributed by atoms with Crippen LogP contribution >= 0.6 is 15.9 Å². The van der Waals surface area contributed by atoms with Crippen molar-refractivity contribution >= 4 is 43.6 Å². The second kappa shape index (κ2) is 7.93. The molecule has 0 aliphatic rings. The molecule has 142 valence electrons. The molecule has 0 spiro atoms. The first kappa shape index (κ1) is 18.4. The number of halogens is 1. The van der Waals surface area contributed by atoms with Gasteiger partial charge in [0.25, 0.3) is 5.56 Å². The van der Waals surface area contributed by atoms with Gasteiger partial charge in [-0.3, -0.25) is 9.59 Å². The molecule has 2 aromatic heterocycles. The summed E-state index contributed by atoms with van der Waals surface area (Å²) in [6.45, 7) is 1.37. The average molecular weight is 440 g/mol. The lowest BCUT2D eigenvalue weighted by molar-refractivity contribution is -0.121. The predicted octanol–water partition coefficient (Wildman–Crippen LogP) is 2.72. The SMILES string of the molecule is O=C(CCn1nnc2ccccc2c1=O)NCCn1ccc2ccc(Br)cc21. The second-order valence-electron chi connectivity index (χ2n) is 6.45. The van der Waals surface area contributed by atoms with Crippen molar-refractivity contribution in [3.8, 4) is 0 Å². The van der Waals surface area contributed by atoms with Gasteiger partial charge < -0.3 is 9.88 Å². The highest BCUT2D eigenvalue weighted by Gasteiger charge is 2.08. The molecule has 0 aliphatic heterocycles. The van der Waals surface area contributed by atoms with Crippen molar-refractivity contribution in [2.45, 2.75) is 19.5 Å². The molecule has 4 rings (SSSR count). The van der Waals surface area contributed by atoms with E-state index in [0.717, 1.165) is 15.4 Å². The Morgan fingerprint density at radius 2 is 1.96 bits per heavy atom. The van der Waals surface area contributed by atoms with E-state index in [1.54, 1.807) is 24.3 Å². The van der Waals surface area contributed by atoms with Gasteiger partial charge in [-0.05, 0) is 35.7 Å². The van der Waals surface area contributed by atoms with Crippen LogP contribution < -0.4 is 10.9 Å². The van der Waals surface area contributed by atoms with E-state index in [0.29, 0.717) is 24.0 Å². The summed E-state index contributed by atoms with van der Waals surface area (Å²) in [5.74, 6) is -0.125. The van der Waals surface area contributed by atoms with E-state index in [1.165, 1.54) is 4.68 Å². The highest BCUT2D eigenvalue weighted by Crippen LogP contribution is 2.20. The molecule has 8 heteroatoms. The van der Waals surface area contributed by atoms with Gasteiger partial charge >= 0.3 is 0 Å². The molecule has 0 fully saturated rings. The lowest BCUT2D eigenvalue weighted by Crippen LogP contribution is -2.31. The van der Waals surface area contributed by atoms with Crippen molar-refractivity contribution in [3.05, 3.63) is 69.6 Å². The van der Waals surface area contributed by atoms with Gasteiger partial charge in [0.2, 0.25) is 5.91 Å². The van der Waals surface area contributed by atoms with Crippen LogP contribution in [0, 0.1) is 0 Å². The fraction of sp³-hybridized carbons (Fsp3) is 0.200. The van der Waals surface area contributed by atoms with Crippen molar-refractivity contribution in [3.63, 3.8) is 0 Å². The number of hydrogen-bond acceptors (Lipinski definition) is 4. The number of nitrogens with zero attached hydrogens (tertiary/aromatic N) is 4. The number of carbonyl (C=O) groups excluding carboxylic acids is 1. The van der Waals surface area contributed by atoms with E-state index in [9.17, 15) is 9.59 Å². The number of rotatable bonds is 6. The molecule has 7 nitrogen and oxygen atoms in total. The topological polar surface area (TPSA) is 81.8 Å². The van der Waals surface area contributed by atoms with Crippen LogP contribution in [0.1, 0.15) is 6.42 Å². The van der Waals surface area contributed by atoms with E-state index in [-0.39, 0.29) is 24.4 Å². The smallest absolute Gasteiger partial charge is 0.277 e. The Bertz CT molecular complexity index is 1210. The Morgan fingerprint density at radius 3 is 2.86 bits per heavy atom. The summed E-state index contributed by atoms with van der Waals surface area (Å²) >= 11 is 3.48. The zero-order valence-corrected chi connectivity index (χ0v) is 16.6. The van der Waals surface area contributed by atoms with E-state index >= 15 is 0 Å². The lowest BCUT2D eigenvalue weighted by Gasteiger charge is -2.08. The van der Waals surface area contributed by atoms with Crippen LogP contribution in [0.4, 0.5) is 0 Å². The molecule has 2 aromatic carbocycles. The van der Waals surface area contributed by atoms with Gasteiger partial charge in [0.15, 0.2) is 0 Å². The Balaban J connectivity index is 1.33. The maximum absolute atomic E-state index is 12.4. The summed E-state index contributed by atoms with van der Waals surface area (Å²) < 4.78 is 4.35. The van der Waals surface area contributed by atoms with Crippen LogP contribution in [-0.2, 0) is 17.9 Å². The Hall–Kier alpha value is -3.00. The minimum Gasteiger partial charge on any atom is -0.354 e. The normalized spacial score (nSPS) is 11.2. The highest BCUT2D eigenvalue weighted by molar-refractivity contribution is 9.10. The summed E-state index contributed by atoms with van der Waals surface area (Å²) in [6, 6.07) is 15.2. The third-order valence-electron chi connectivity index (χ3n) is 4.59. The van der Waals surface area contributed by atoms with Gasteiger partial charge in [-0.25, -0.2) is 4.68 Å². The van der Waals surface area contributed by atoms with Crippen molar-refractivity contribution < 1.29 is 4.79 Å². The second-order valence-corrected chi connectivity index (χ2v) is 7.36. The first-order valence-electron chi connectivity index (χ1n) is 8.95. The van der Waals surface area contributed by atoms with Crippen LogP contribution in [0.25, 0.3) is 21.8 Å². The molecular formula is C20H18BrN5O2. The molecule has 2 heterocycles. The van der Waals surface area contributed by atoms with Gasteiger partial charge in [-0.15, -0.1) is 5.10 Å². The van der Waals surface area contributed by atoms with E-state index in [4.69, 9.17) is 0 Å². The van der Waals surface area contributed by atoms with Crippen molar-refractivity contribution in [2.24, 2.45) is 0 Å². The third kappa shape index (κ3) is 3.82. The Morgan fingerprint density at radius 1 is 1.11 bits per heavy atom. The number of benzene rings is 2. The molecule has 0 atom stereocenters. The summed E-state index contributed by atoms with van der Waals surface area (Å²) in [4.78, 5) is 24.5. The van der Waals surface area contributed by atoms with E-state index in [1.807, 2.05) is 12.3 Å². The molecule has 0 bridgehead atoms. The lowest BCUT2D eigenvalue weighted by atomic mass is 10.2. The van der Waals surface area contributed by atoms with Crippen LogP contribution in [0.5, 0.6) is 0 Å². The quantitative estimate of drug-likeness (QED) is 0.500. The van der Waals surface area contributed by atoms with E-state index in [2.05, 4.69) is 54.3 Å². The van der Waals surface area contributed by atoms with E-state index < -0.39 is 0 Å². The van der Waals surface area contributed by atoms with Crippen molar-refractivity contribution in [1.82, 2.24) is 24.9 Å². The van der Waals surface area contributed by atoms with Crippen LogP contribution in [-0.4, -0.2) is 32.0 Å². The Kier molecular flexibility index (Phi) is 5.21. The number of nitrogens with one attached hydrogen (secondary N) is 1. The number of amides is 1. The molecule has 28 heavy (non-hydrogen) atoms. The van der Waals surface area contributed by atoms with Gasteiger partial charge in [-0.1, -0.05) is 39.3 Å². The molecule has 1 N–H and O–H groups in total. The van der Waals surface area contributed by atoms with Gasteiger partial charge in [0.05, 0.1) is 11.9 Å². The third-order valence-corrected chi connectivity index (χ3v) is 5.08. The molecule has 0 aliphatic carbocycles. The highest BCUT2D eigenvalue weighted by atomic mass is 79.9. The fourth-order valence-electron chi connectivity index (χ4n) is 3.13. The monoisotopic (exact) mass is 439 g/mol. The fourth-order valence-corrected chi connectivity index (χ4v) is 3.48. The van der Waals surface area contributed by atoms with Crippen LogP contribution in [0.3, 0.4) is 0 Å². The predicted molar refractivity (Wildman–Crippen MR) is 111 cm³/mol. The molecule has 0 saturated carbocycles. The zero-order chi connectivity index (χ0) is 19.5. The average Bonchev–Trinajstić information content (AvgIpc) is 3.10. The number of fused-ring (bicyclic) bond motifs is 2. The maximum atomic E-state index is 12.4. The number of carbonyl (C=O) groups is 1. The molecule has 1 amide bonds. The summed E-state index contributed by atoms with van der Waals surface area (Å²) in [7, 11) is 0. The van der Waals surface area contributed by atoms with Gasteiger partial charge in [-0.2, -0.15) is 0 Å². The van der Waals surface area contributed by atoms with Crippen molar-refractivity contribution in [1.29, 1.82) is 0 Å². The molecule has 0 saturated heterocycles. The van der Waals surface area contributed by atoms with Gasteiger partial charge in [0.1, 0.15) is 5.52 Å². The van der Waals surface area contributed by atoms with Crippen LogP contribution in [0.2, 0.25) is 0 Å². The number of hydrogen-bond donors (Lipinski definition) is 1. The molecule has 4 aromatic rings. The molecule has 0 radical (unpaired) electrons. The zero-order valence-electron chi connectivity index (χ0n) is 15.0. The molecular weight excluding hydrogens is 422 g/mol. The number of aryl methyl sites for hydroxylation is 1. The minimum absolute atomic E-state index is 0.125. The maximum Gasteiger partial charge on any atom is 0.277 e.